The zero-order valence-electron chi connectivity index (χ0n) is 16.6. The van der Waals surface area contributed by atoms with Crippen LogP contribution in [0.1, 0.15) is 22.5 Å². The number of aromatic nitrogens is 1. The van der Waals surface area contributed by atoms with E-state index >= 15 is 0 Å². The van der Waals surface area contributed by atoms with Gasteiger partial charge in [-0.15, -0.1) is 0 Å². The molecule has 0 aliphatic rings. The monoisotopic (exact) mass is 426 g/mol. The van der Waals surface area contributed by atoms with E-state index < -0.39 is 37.6 Å². The summed E-state index contributed by atoms with van der Waals surface area (Å²) in [6, 6.07) is 15.6. The number of phenols is 1. The Morgan fingerprint density at radius 1 is 0.839 bits per heavy atom. The van der Waals surface area contributed by atoms with Crippen molar-refractivity contribution in [3.05, 3.63) is 107 Å². The van der Waals surface area contributed by atoms with Gasteiger partial charge in [-0.2, -0.15) is 0 Å². The molecule has 160 valence electrons. The summed E-state index contributed by atoms with van der Waals surface area (Å²) >= 11 is 0. The lowest BCUT2D eigenvalue weighted by Crippen LogP contribution is -1.97. The summed E-state index contributed by atoms with van der Waals surface area (Å²) in [6.45, 7) is 4.15. The van der Waals surface area contributed by atoms with Crippen molar-refractivity contribution in [3.63, 3.8) is 0 Å². The molecule has 0 aliphatic heterocycles. The number of pyridine rings is 1. The quantitative estimate of drug-likeness (QED) is 0.463. The Morgan fingerprint density at radius 3 is 1.87 bits per heavy atom. The second-order valence-electron chi connectivity index (χ2n) is 6.48. The van der Waals surface area contributed by atoms with Crippen LogP contribution in [0.4, 0.5) is 17.1 Å². The van der Waals surface area contributed by atoms with Gasteiger partial charge in [0, 0.05) is 17.8 Å². The highest BCUT2D eigenvalue weighted by molar-refractivity contribution is 5.64. The number of hydrogen-bond acceptors (Lipinski definition) is 8. The molecule has 2 aromatic carbocycles. The minimum absolute atomic E-state index is 0.447. The van der Waals surface area contributed by atoms with E-state index in [0.717, 1.165) is 12.1 Å². The molecule has 0 spiro atoms. The summed E-state index contributed by atoms with van der Waals surface area (Å²) in [4.78, 5) is 32.3. The van der Waals surface area contributed by atoms with Crippen molar-refractivity contribution >= 4 is 17.1 Å². The Morgan fingerprint density at radius 2 is 1.39 bits per heavy atom. The zero-order chi connectivity index (χ0) is 23.1. The summed E-state index contributed by atoms with van der Waals surface area (Å²) in [5, 5.41) is 40.2. The van der Waals surface area contributed by atoms with Crippen LogP contribution >= 0.6 is 0 Å². The van der Waals surface area contributed by atoms with Gasteiger partial charge in [-0.3, -0.25) is 35.3 Å². The number of hydrogen-bond donors (Lipinski definition) is 1. The molecule has 0 atom stereocenters. The van der Waals surface area contributed by atoms with Gasteiger partial charge in [-0.1, -0.05) is 36.4 Å². The molecular formula is C20H18N4O7. The van der Waals surface area contributed by atoms with E-state index in [1.165, 1.54) is 16.8 Å². The smallest absolute Gasteiger partial charge is 0.324 e. The zero-order valence-corrected chi connectivity index (χ0v) is 16.6. The fourth-order valence-corrected chi connectivity index (χ4v) is 2.62. The number of rotatable bonds is 5. The van der Waals surface area contributed by atoms with Crippen LogP contribution in [0.2, 0.25) is 0 Å². The molecule has 11 heteroatoms. The number of aryl methyl sites for hydroxylation is 2. The van der Waals surface area contributed by atoms with E-state index in [1.807, 2.05) is 13.0 Å². The average Bonchev–Trinajstić information content (AvgIpc) is 2.71. The van der Waals surface area contributed by atoms with Crippen molar-refractivity contribution < 1.29 is 19.9 Å². The Hall–Kier alpha value is -4.41. The molecule has 1 heterocycles. The highest BCUT2D eigenvalue weighted by Gasteiger charge is 2.30. The normalized spacial score (nSPS) is 10.0. The predicted molar refractivity (Wildman–Crippen MR) is 111 cm³/mol. The van der Waals surface area contributed by atoms with Crippen LogP contribution in [0, 0.1) is 44.2 Å². The van der Waals surface area contributed by atoms with Gasteiger partial charge in [0.05, 0.1) is 26.9 Å². The highest BCUT2D eigenvalue weighted by Crippen LogP contribution is 2.38. The van der Waals surface area contributed by atoms with Crippen LogP contribution in [0.25, 0.3) is 0 Å². The molecule has 0 aliphatic carbocycles. The molecule has 0 fully saturated rings. The maximum Gasteiger partial charge on any atom is 0.324 e. The van der Waals surface area contributed by atoms with Crippen LogP contribution in [0.5, 0.6) is 5.75 Å². The summed E-state index contributed by atoms with van der Waals surface area (Å²) in [5.41, 5.74) is 1.86. The third kappa shape index (κ3) is 6.03. The van der Waals surface area contributed by atoms with Crippen LogP contribution < -0.4 is 0 Å². The largest absolute Gasteiger partial charge is 0.497 e. The molecule has 0 saturated heterocycles. The number of nitrogens with zero attached hydrogens (tertiary/aromatic N) is 4. The maximum atomic E-state index is 10.4. The van der Waals surface area contributed by atoms with Crippen molar-refractivity contribution in [2.24, 2.45) is 0 Å². The Kier molecular flexibility index (Phi) is 7.28. The van der Waals surface area contributed by atoms with Gasteiger partial charge >= 0.3 is 11.4 Å². The Bertz CT molecular complexity index is 1100. The van der Waals surface area contributed by atoms with Gasteiger partial charge in [0.15, 0.2) is 0 Å². The van der Waals surface area contributed by atoms with E-state index in [-0.39, 0.29) is 0 Å². The summed E-state index contributed by atoms with van der Waals surface area (Å²) in [6.07, 6.45) is 0.925. The summed E-state index contributed by atoms with van der Waals surface area (Å²) in [5.74, 6) is -1.21. The molecular weight excluding hydrogens is 408 g/mol. The highest BCUT2D eigenvalue weighted by atomic mass is 16.6. The van der Waals surface area contributed by atoms with Crippen LogP contribution in [0.15, 0.2) is 54.6 Å². The van der Waals surface area contributed by atoms with Crippen LogP contribution in [-0.2, 0) is 6.42 Å². The minimum Gasteiger partial charge on any atom is -0.497 e. The fourth-order valence-electron chi connectivity index (χ4n) is 2.62. The second-order valence-corrected chi connectivity index (χ2v) is 6.48. The summed E-state index contributed by atoms with van der Waals surface area (Å²) < 4.78 is 0. The van der Waals surface area contributed by atoms with E-state index in [4.69, 9.17) is 5.11 Å². The molecule has 31 heavy (non-hydrogen) atoms. The van der Waals surface area contributed by atoms with Crippen molar-refractivity contribution in [2.45, 2.75) is 20.3 Å². The molecule has 0 radical (unpaired) electrons. The SMILES string of the molecule is Cc1ccc(C)c(Cc2ccccc2)n1.O=[N+]([O-])c1cc([N+](=O)[O-])c(O)c([N+](=O)[O-])c1. The molecule has 0 bridgehead atoms. The number of nitro groups is 3. The van der Waals surface area contributed by atoms with Crippen molar-refractivity contribution in [1.29, 1.82) is 0 Å². The van der Waals surface area contributed by atoms with Crippen molar-refractivity contribution in [3.8, 4) is 5.75 Å². The first-order valence-electron chi connectivity index (χ1n) is 8.87. The summed E-state index contributed by atoms with van der Waals surface area (Å²) in [7, 11) is 0. The molecule has 0 unspecified atom stereocenters. The van der Waals surface area contributed by atoms with E-state index in [0.29, 0.717) is 12.1 Å². The third-order valence-electron chi connectivity index (χ3n) is 4.21. The fraction of sp³-hybridized carbons (Fsp3) is 0.150. The van der Waals surface area contributed by atoms with Gasteiger partial charge in [0.2, 0.25) is 0 Å². The lowest BCUT2D eigenvalue weighted by atomic mass is 10.1. The molecule has 3 aromatic rings. The average molecular weight is 426 g/mol. The van der Waals surface area contributed by atoms with E-state index in [9.17, 15) is 30.3 Å². The molecule has 11 nitrogen and oxygen atoms in total. The van der Waals surface area contributed by atoms with Gasteiger partial charge in [-0.05, 0) is 31.0 Å². The van der Waals surface area contributed by atoms with Gasteiger partial charge < -0.3 is 5.11 Å². The topological polar surface area (TPSA) is 163 Å². The van der Waals surface area contributed by atoms with E-state index in [2.05, 4.69) is 48.3 Å². The molecule has 0 amide bonds. The second kappa shape index (κ2) is 9.87. The van der Waals surface area contributed by atoms with Crippen molar-refractivity contribution in [2.75, 3.05) is 0 Å². The lowest BCUT2D eigenvalue weighted by Gasteiger charge is -2.05. The number of phenolic OH excluding ortho intramolecular Hbond substituents is 1. The first kappa shape index (κ1) is 22.9. The Labute approximate surface area is 176 Å². The number of benzene rings is 2. The standard InChI is InChI=1S/C14H15N.C6H3N3O7/c1-11-8-9-12(2)15-14(11)10-13-6-4-3-5-7-13;10-6-4(8(13)14)1-3(7(11)12)2-5(6)9(15)16/h3-9H,10H2,1-2H3;1-2,10H. The predicted octanol–water partition coefficient (Wildman–Crippen LogP) is 4.41. The lowest BCUT2D eigenvalue weighted by molar-refractivity contribution is -0.404. The maximum absolute atomic E-state index is 10.4. The minimum atomic E-state index is -1.21. The van der Waals surface area contributed by atoms with Crippen LogP contribution in [0.3, 0.4) is 0 Å². The molecule has 3 rings (SSSR count). The Balaban J connectivity index is 0.000000220. The number of non-ortho nitro benzene ring substituents is 1. The molecule has 0 saturated carbocycles. The molecule has 1 aromatic heterocycles. The third-order valence-corrected chi connectivity index (χ3v) is 4.21. The van der Waals surface area contributed by atoms with E-state index in [1.54, 1.807) is 0 Å². The first-order valence-corrected chi connectivity index (χ1v) is 8.87. The number of nitro benzene ring substituents is 3. The van der Waals surface area contributed by atoms with Crippen molar-refractivity contribution in [1.82, 2.24) is 4.98 Å². The van der Waals surface area contributed by atoms with Crippen LogP contribution in [-0.4, -0.2) is 24.9 Å². The van der Waals surface area contributed by atoms with Gasteiger partial charge in [0.25, 0.3) is 11.4 Å². The molecule has 1 N–H and O–H groups in total. The first-order chi connectivity index (χ1) is 14.6. The van der Waals surface area contributed by atoms with Gasteiger partial charge in [0.1, 0.15) is 0 Å². The van der Waals surface area contributed by atoms with Gasteiger partial charge in [-0.25, -0.2) is 0 Å². The number of aromatic hydroxyl groups is 1.